The molecule has 0 saturated carbocycles. The summed E-state index contributed by atoms with van der Waals surface area (Å²) in [6.07, 6.45) is 2.76. The Kier molecular flexibility index (Phi) is 2.03. The number of sulfone groups is 1. The van der Waals surface area contributed by atoms with E-state index in [0.29, 0.717) is 0 Å². The highest BCUT2D eigenvalue weighted by Crippen LogP contribution is 2.12. The topological polar surface area (TPSA) is 52.0 Å². The molecule has 2 rings (SSSR count). The van der Waals surface area contributed by atoms with Crippen molar-refractivity contribution in [1.82, 2.24) is 9.55 Å². The Morgan fingerprint density at radius 2 is 2.07 bits per heavy atom. The van der Waals surface area contributed by atoms with Crippen LogP contribution in [0.5, 0.6) is 0 Å². The lowest BCUT2D eigenvalue weighted by molar-refractivity contribution is 0.591. The van der Waals surface area contributed by atoms with Gasteiger partial charge in [-0.05, 0) is 12.1 Å². The third-order valence-corrected chi connectivity index (χ3v) is 2.65. The van der Waals surface area contributed by atoms with Gasteiger partial charge in [-0.1, -0.05) is 12.1 Å². The molecule has 1 aromatic carbocycles. The summed E-state index contributed by atoms with van der Waals surface area (Å²) >= 11 is 0. The maximum Gasteiger partial charge on any atom is 0.165 e. The van der Waals surface area contributed by atoms with Crippen molar-refractivity contribution in [1.29, 1.82) is 0 Å². The van der Waals surface area contributed by atoms with Crippen molar-refractivity contribution in [2.45, 2.75) is 5.88 Å². The van der Waals surface area contributed by atoms with Gasteiger partial charge in [-0.2, -0.15) is 0 Å². The predicted octanol–water partition coefficient (Wildman–Crippen LogP) is 1.04. The van der Waals surface area contributed by atoms with Gasteiger partial charge in [0.05, 0.1) is 17.4 Å². The van der Waals surface area contributed by atoms with Crippen LogP contribution >= 0.6 is 0 Å². The van der Waals surface area contributed by atoms with E-state index in [-0.39, 0.29) is 5.88 Å². The van der Waals surface area contributed by atoms with Gasteiger partial charge in [0.2, 0.25) is 0 Å². The maximum atomic E-state index is 11.1. The molecule has 1 aromatic heterocycles. The summed E-state index contributed by atoms with van der Waals surface area (Å²) < 4.78 is 23.8. The minimum atomic E-state index is -3.02. The van der Waals surface area contributed by atoms with Crippen molar-refractivity contribution < 1.29 is 8.42 Å². The normalized spacial score (nSPS) is 12.1. The number of para-hydroxylation sites is 2. The molecule has 74 valence electrons. The second-order valence-corrected chi connectivity index (χ2v) is 5.37. The monoisotopic (exact) mass is 210 g/mol. The zero-order valence-electron chi connectivity index (χ0n) is 7.71. The first-order valence-electron chi connectivity index (χ1n) is 4.14. The van der Waals surface area contributed by atoms with Crippen LogP contribution in [0, 0.1) is 0 Å². The van der Waals surface area contributed by atoms with E-state index in [1.807, 2.05) is 24.3 Å². The van der Waals surface area contributed by atoms with Crippen molar-refractivity contribution in [3.05, 3.63) is 30.6 Å². The van der Waals surface area contributed by atoms with E-state index in [1.165, 1.54) is 6.26 Å². The van der Waals surface area contributed by atoms with Crippen LogP contribution < -0.4 is 0 Å². The summed E-state index contributed by atoms with van der Waals surface area (Å²) in [5, 5.41) is 0. The van der Waals surface area contributed by atoms with E-state index in [0.717, 1.165) is 11.0 Å². The van der Waals surface area contributed by atoms with Gasteiger partial charge in [0.15, 0.2) is 9.84 Å². The Hall–Kier alpha value is -1.36. The predicted molar refractivity (Wildman–Crippen MR) is 54.6 cm³/mol. The van der Waals surface area contributed by atoms with Crippen molar-refractivity contribution in [3.8, 4) is 0 Å². The Morgan fingerprint density at radius 1 is 1.36 bits per heavy atom. The maximum absolute atomic E-state index is 11.1. The van der Waals surface area contributed by atoms with Gasteiger partial charge in [0.25, 0.3) is 0 Å². The fraction of sp³-hybridized carbons (Fsp3) is 0.222. The molecule has 5 heteroatoms. The fourth-order valence-corrected chi connectivity index (χ4v) is 2.08. The molecule has 0 amide bonds. The third kappa shape index (κ3) is 1.77. The van der Waals surface area contributed by atoms with Gasteiger partial charge < -0.3 is 4.57 Å². The Balaban J connectivity index is 2.54. The number of aromatic nitrogens is 2. The number of rotatable bonds is 2. The van der Waals surface area contributed by atoms with Gasteiger partial charge in [0, 0.05) is 6.26 Å². The van der Waals surface area contributed by atoms with E-state index < -0.39 is 9.84 Å². The van der Waals surface area contributed by atoms with Gasteiger partial charge in [-0.3, -0.25) is 0 Å². The quantitative estimate of drug-likeness (QED) is 0.744. The van der Waals surface area contributed by atoms with Gasteiger partial charge in [-0.25, -0.2) is 13.4 Å². The first-order valence-corrected chi connectivity index (χ1v) is 6.20. The number of fused-ring (bicyclic) bond motifs is 1. The van der Waals surface area contributed by atoms with Crippen LogP contribution in [0.2, 0.25) is 0 Å². The van der Waals surface area contributed by atoms with E-state index in [2.05, 4.69) is 4.98 Å². The molecule has 0 bridgehead atoms. The van der Waals surface area contributed by atoms with Gasteiger partial charge in [0.1, 0.15) is 5.88 Å². The smallest absolute Gasteiger partial charge is 0.165 e. The summed E-state index contributed by atoms with van der Waals surface area (Å²) in [4.78, 5) is 4.10. The van der Waals surface area contributed by atoms with E-state index >= 15 is 0 Å². The van der Waals surface area contributed by atoms with Gasteiger partial charge in [-0.15, -0.1) is 0 Å². The summed E-state index contributed by atoms with van der Waals surface area (Å²) in [6.45, 7) is 0. The Bertz CT molecular complexity index is 557. The number of hydrogen-bond donors (Lipinski definition) is 0. The number of imidazole rings is 1. The Labute approximate surface area is 82.1 Å². The van der Waals surface area contributed by atoms with Crippen LogP contribution in [-0.4, -0.2) is 24.2 Å². The molecule has 0 aliphatic heterocycles. The van der Waals surface area contributed by atoms with Crippen LogP contribution in [0.1, 0.15) is 0 Å². The lowest BCUT2D eigenvalue weighted by atomic mass is 10.3. The highest BCUT2D eigenvalue weighted by Gasteiger charge is 2.06. The molecule has 0 spiro atoms. The second-order valence-electron chi connectivity index (χ2n) is 3.26. The minimum absolute atomic E-state index is 0.0203. The molecule has 1 heterocycles. The van der Waals surface area contributed by atoms with Crippen LogP contribution in [0.3, 0.4) is 0 Å². The average molecular weight is 210 g/mol. The molecule has 0 aliphatic carbocycles. The van der Waals surface area contributed by atoms with Gasteiger partial charge >= 0.3 is 0 Å². The second kappa shape index (κ2) is 3.09. The molecule has 0 saturated heterocycles. The van der Waals surface area contributed by atoms with Crippen molar-refractivity contribution >= 4 is 20.9 Å². The number of benzene rings is 1. The van der Waals surface area contributed by atoms with Crippen LogP contribution in [0.15, 0.2) is 30.6 Å². The molecular formula is C9H10N2O2S. The van der Waals surface area contributed by atoms with Crippen molar-refractivity contribution in [3.63, 3.8) is 0 Å². The van der Waals surface area contributed by atoms with Crippen LogP contribution in [0.25, 0.3) is 11.0 Å². The van der Waals surface area contributed by atoms with Crippen molar-refractivity contribution in [2.75, 3.05) is 6.26 Å². The molecule has 0 atom stereocenters. The Morgan fingerprint density at radius 3 is 2.79 bits per heavy atom. The molecule has 14 heavy (non-hydrogen) atoms. The molecule has 0 unspecified atom stereocenters. The highest BCUT2D eigenvalue weighted by molar-refractivity contribution is 7.89. The first kappa shape index (κ1) is 9.21. The molecule has 0 N–H and O–H groups in total. The highest BCUT2D eigenvalue weighted by atomic mass is 32.2. The van der Waals surface area contributed by atoms with Crippen LogP contribution in [0.4, 0.5) is 0 Å². The molecule has 2 aromatic rings. The number of nitrogens with zero attached hydrogens (tertiary/aromatic N) is 2. The SMILES string of the molecule is CS(=O)(=O)Cn1cnc2ccccc21. The molecule has 0 aliphatic rings. The van der Waals surface area contributed by atoms with Crippen LogP contribution in [-0.2, 0) is 15.7 Å². The van der Waals surface area contributed by atoms with E-state index in [4.69, 9.17) is 0 Å². The zero-order chi connectivity index (χ0) is 10.2. The summed E-state index contributed by atoms with van der Waals surface area (Å²) in [5.74, 6) is -0.0203. The summed E-state index contributed by atoms with van der Waals surface area (Å²) in [7, 11) is -3.02. The largest absolute Gasteiger partial charge is 0.315 e. The number of hydrogen-bond acceptors (Lipinski definition) is 3. The fourth-order valence-electron chi connectivity index (χ4n) is 1.37. The lowest BCUT2D eigenvalue weighted by Gasteiger charge is -2.00. The minimum Gasteiger partial charge on any atom is -0.315 e. The third-order valence-electron chi connectivity index (χ3n) is 1.90. The molecule has 0 fully saturated rings. The molecule has 4 nitrogen and oxygen atoms in total. The molecular weight excluding hydrogens is 200 g/mol. The average Bonchev–Trinajstić information content (AvgIpc) is 2.47. The summed E-state index contributed by atoms with van der Waals surface area (Å²) in [6, 6.07) is 7.45. The van der Waals surface area contributed by atoms with E-state index in [9.17, 15) is 8.42 Å². The first-order chi connectivity index (χ1) is 6.56. The molecule has 0 radical (unpaired) electrons. The zero-order valence-corrected chi connectivity index (χ0v) is 8.53. The lowest BCUT2D eigenvalue weighted by Crippen LogP contribution is -2.07. The van der Waals surface area contributed by atoms with E-state index in [1.54, 1.807) is 10.9 Å². The standard InChI is InChI=1S/C9H10N2O2S/c1-14(12,13)7-11-6-10-8-4-2-3-5-9(8)11/h2-6H,7H2,1H3. The summed E-state index contributed by atoms with van der Waals surface area (Å²) in [5.41, 5.74) is 1.66. The van der Waals surface area contributed by atoms with Crippen molar-refractivity contribution in [2.24, 2.45) is 0 Å².